The number of benzene rings is 1. The summed E-state index contributed by atoms with van der Waals surface area (Å²) in [5.74, 6) is 0. The number of pyridine rings is 1. The number of rotatable bonds is 3. The first kappa shape index (κ1) is 18.9. The van der Waals surface area contributed by atoms with Gasteiger partial charge in [0.25, 0.3) is 0 Å². The van der Waals surface area contributed by atoms with E-state index in [2.05, 4.69) is 4.98 Å². The highest BCUT2D eigenvalue weighted by Gasteiger charge is 2.38. The number of alkyl halides is 3. The van der Waals surface area contributed by atoms with Gasteiger partial charge < -0.3 is 16.9 Å². The van der Waals surface area contributed by atoms with Crippen molar-refractivity contribution in [3.63, 3.8) is 0 Å². The molecule has 0 saturated heterocycles. The van der Waals surface area contributed by atoms with Crippen LogP contribution in [0.4, 0.5) is 18.9 Å². The van der Waals surface area contributed by atoms with Crippen LogP contribution in [0.5, 0.6) is 0 Å². The first-order chi connectivity index (χ1) is 12.8. The van der Waals surface area contributed by atoms with Crippen molar-refractivity contribution in [2.45, 2.75) is 38.3 Å². The zero-order valence-corrected chi connectivity index (χ0v) is 14.6. The topological polar surface area (TPSA) is 113 Å². The second kappa shape index (κ2) is 7.02. The standard InChI is InChI=1S/C19H20F3N5/c20-19(21,22)18(26)13(9-24)17-11-5-3-1-2-4-10(11)16-12(8-23)14(25)6-7-15(16)27-17/h6-9,23,26H,1-5,24-25H2/b13-9-,23-8?,26-18?. The summed E-state index contributed by atoms with van der Waals surface area (Å²) < 4.78 is 39.5. The number of nitrogens with zero attached hydrogens (tertiary/aromatic N) is 1. The number of fused-ring (bicyclic) bond motifs is 3. The Morgan fingerprint density at radius 2 is 1.78 bits per heavy atom. The maximum absolute atomic E-state index is 13.2. The van der Waals surface area contributed by atoms with E-state index < -0.39 is 17.5 Å². The highest BCUT2D eigenvalue weighted by molar-refractivity contribution is 6.25. The Hall–Kier alpha value is -2.90. The minimum Gasteiger partial charge on any atom is -0.404 e. The third-order valence-corrected chi connectivity index (χ3v) is 4.91. The van der Waals surface area contributed by atoms with E-state index in [1.165, 1.54) is 0 Å². The minimum absolute atomic E-state index is 0.102. The maximum Gasteiger partial charge on any atom is 0.433 e. The molecule has 0 atom stereocenters. The minimum atomic E-state index is -4.82. The number of nitrogen functional groups attached to an aromatic ring is 1. The first-order valence-corrected chi connectivity index (χ1v) is 8.62. The fraction of sp³-hybridized carbons (Fsp3) is 0.316. The normalized spacial score (nSPS) is 15.3. The molecule has 27 heavy (non-hydrogen) atoms. The molecule has 0 amide bonds. The molecule has 3 rings (SSSR count). The van der Waals surface area contributed by atoms with E-state index in [0.29, 0.717) is 40.6 Å². The van der Waals surface area contributed by atoms with Gasteiger partial charge in [-0.15, -0.1) is 0 Å². The largest absolute Gasteiger partial charge is 0.433 e. The van der Waals surface area contributed by atoms with Crippen LogP contribution in [0.15, 0.2) is 18.3 Å². The van der Waals surface area contributed by atoms with Crippen molar-refractivity contribution in [3.05, 3.63) is 40.7 Å². The average molecular weight is 375 g/mol. The summed E-state index contributed by atoms with van der Waals surface area (Å²) in [4.78, 5) is 4.44. The number of hydrogen-bond donors (Lipinski definition) is 4. The van der Waals surface area contributed by atoms with Crippen LogP contribution in [-0.2, 0) is 12.8 Å². The lowest BCUT2D eigenvalue weighted by Crippen LogP contribution is -2.25. The number of hydrogen-bond acceptors (Lipinski definition) is 5. The molecule has 1 aliphatic carbocycles. The van der Waals surface area contributed by atoms with Crippen molar-refractivity contribution in [2.24, 2.45) is 5.73 Å². The van der Waals surface area contributed by atoms with E-state index in [0.717, 1.165) is 37.2 Å². The monoisotopic (exact) mass is 375 g/mol. The van der Waals surface area contributed by atoms with Gasteiger partial charge in [0.05, 0.1) is 11.2 Å². The zero-order valence-electron chi connectivity index (χ0n) is 14.6. The Kier molecular flexibility index (Phi) is 4.91. The number of halogens is 3. The molecule has 1 heterocycles. The summed E-state index contributed by atoms with van der Waals surface area (Å²) in [5.41, 5.74) is 12.6. The van der Waals surface area contributed by atoms with E-state index in [9.17, 15) is 13.2 Å². The number of anilines is 1. The van der Waals surface area contributed by atoms with E-state index >= 15 is 0 Å². The van der Waals surface area contributed by atoms with Gasteiger partial charge in [-0.25, -0.2) is 4.98 Å². The number of nitrogens with one attached hydrogen (secondary N) is 2. The molecule has 1 aromatic carbocycles. The third kappa shape index (κ3) is 3.27. The van der Waals surface area contributed by atoms with Gasteiger partial charge in [-0.3, -0.25) is 5.41 Å². The predicted molar refractivity (Wildman–Crippen MR) is 101 cm³/mol. The molecule has 0 aliphatic heterocycles. The van der Waals surface area contributed by atoms with Crippen LogP contribution in [0.2, 0.25) is 0 Å². The van der Waals surface area contributed by atoms with Crippen LogP contribution < -0.4 is 11.5 Å². The molecule has 0 spiro atoms. The maximum atomic E-state index is 13.2. The van der Waals surface area contributed by atoms with Crippen molar-refractivity contribution in [1.29, 1.82) is 10.8 Å². The van der Waals surface area contributed by atoms with Crippen LogP contribution in [-0.4, -0.2) is 23.1 Å². The van der Waals surface area contributed by atoms with Crippen molar-refractivity contribution in [1.82, 2.24) is 4.98 Å². The van der Waals surface area contributed by atoms with Gasteiger partial charge in [0.2, 0.25) is 0 Å². The number of aromatic nitrogens is 1. The van der Waals surface area contributed by atoms with Gasteiger partial charge in [-0.05, 0) is 48.9 Å². The molecule has 0 fully saturated rings. The van der Waals surface area contributed by atoms with E-state index in [1.807, 2.05) is 0 Å². The van der Waals surface area contributed by atoms with Gasteiger partial charge in [-0.1, -0.05) is 6.42 Å². The third-order valence-electron chi connectivity index (χ3n) is 4.91. The van der Waals surface area contributed by atoms with Gasteiger partial charge in [0.15, 0.2) is 0 Å². The van der Waals surface area contributed by atoms with Gasteiger partial charge in [0, 0.05) is 34.6 Å². The highest BCUT2D eigenvalue weighted by atomic mass is 19.4. The van der Waals surface area contributed by atoms with Crippen molar-refractivity contribution >= 4 is 34.1 Å². The van der Waals surface area contributed by atoms with Crippen molar-refractivity contribution < 1.29 is 13.2 Å². The molecule has 1 aliphatic rings. The van der Waals surface area contributed by atoms with Crippen molar-refractivity contribution in [2.75, 3.05) is 5.73 Å². The Balaban J connectivity index is 2.38. The molecule has 0 saturated carbocycles. The van der Waals surface area contributed by atoms with Crippen LogP contribution >= 0.6 is 0 Å². The summed E-state index contributed by atoms with van der Waals surface area (Å²) in [6.45, 7) is 0. The SMILES string of the molecule is N=Cc1c(N)ccc2nc(/C(=C/N)C(=N)C(F)(F)F)c3c(c12)CCCCC3. The molecule has 0 radical (unpaired) electrons. The Morgan fingerprint density at radius 3 is 2.37 bits per heavy atom. The predicted octanol–water partition coefficient (Wildman–Crippen LogP) is 3.97. The Labute approximate surface area is 154 Å². The molecule has 142 valence electrons. The summed E-state index contributed by atoms with van der Waals surface area (Å²) in [6.07, 6.45) is 0.983. The van der Waals surface area contributed by atoms with Gasteiger partial charge in [0.1, 0.15) is 5.71 Å². The Morgan fingerprint density at radius 1 is 1.11 bits per heavy atom. The molecule has 5 nitrogen and oxygen atoms in total. The molecule has 2 aromatic rings. The number of allylic oxidation sites excluding steroid dienone is 1. The lowest BCUT2D eigenvalue weighted by atomic mass is 9.90. The summed E-state index contributed by atoms with van der Waals surface area (Å²) >= 11 is 0. The van der Waals surface area contributed by atoms with Gasteiger partial charge >= 0.3 is 6.18 Å². The second-order valence-electron chi connectivity index (χ2n) is 6.54. The van der Waals surface area contributed by atoms with E-state index in [1.54, 1.807) is 12.1 Å². The second-order valence-corrected chi connectivity index (χ2v) is 6.54. The van der Waals surface area contributed by atoms with E-state index in [4.69, 9.17) is 22.3 Å². The average Bonchev–Trinajstić information content (AvgIpc) is 2.87. The summed E-state index contributed by atoms with van der Waals surface area (Å²) in [7, 11) is 0. The highest BCUT2D eigenvalue weighted by Crippen LogP contribution is 2.37. The fourth-order valence-corrected chi connectivity index (χ4v) is 3.65. The quantitative estimate of drug-likeness (QED) is 0.370. The number of nitrogens with two attached hydrogens (primary N) is 2. The lowest BCUT2D eigenvalue weighted by molar-refractivity contribution is -0.0578. The molecule has 0 bridgehead atoms. The van der Waals surface area contributed by atoms with Crippen molar-refractivity contribution in [3.8, 4) is 0 Å². The molecule has 1 aromatic heterocycles. The van der Waals surface area contributed by atoms with Crippen LogP contribution in [0.1, 0.15) is 41.6 Å². The molecule has 0 unspecified atom stereocenters. The first-order valence-electron chi connectivity index (χ1n) is 8.62. The van der Waals surface area contributed by atoms with Crippen LogP contribution in [0.3, 0.4) is 0 Å². The summed E-state index contributed by atoms with van der Waals surface area (Å²) in [6, 6.07) is 3.22. The smallest absolute Gasteiger partial charge is 0.404 e. The molecular formula is C19H20F3N5. The fourth-order valence-electron chi connectivity index (χ4n) is 3.65. The lowest BCUT2D eigenvalue weighted by Gasteiger charge is -2.20. The van der Waals surface area contributed by atoms with Crippen LogP contribution in [0.25, 0.3) is 16.5 Å². The van der Waals surface area contributed by atoms with Crippen LogP contribution in [0, 0.1) is 10.8 Å². The van der Waals surface area contributed by atoms with E-state index in [-0.39, 0.29) is 5.69 Å². The molecular weight excluding hydrogens is 355 g/mol. The molecule has 6 N–H and O–H groups in total. The Bertz CT molecular complexity index is 960. The molecule has 8 heteroatoms. The number of aryl methyl sites for hydroxylation is 1. The van der Waals surface area contributed by atoms with Gasteiger partial charge in [-0.2, -0.15) is 13.2 Å². The summed E-state index contributed by atoms with van der Waals surface area (Å²) in [5, 5.41) is 16.0. The zero-order chi connectivity index (χ0) is 19.8.